The molecule has 0 bridgehead atoms. The minimum absolute atomic E-state index is 0.377. The number of hydrogen-bond acceptors (Lipinski definition) is 9. The van der Waals surface area contributed by atoms with Crippen LogP contribution < -0.4 is 27.0 Å². The summed E-state index contributed by atoms with van der Waals surface area (Å²) in [6, 6.07) is 8.62. The molecule has 8 nitrogen and oxygen atoms in total. The molecule has 238 valence electrons. The number of rotatable bonds is 7. The predicted molar refractivity (Wildman–Crippen MR) is 182 cm³/mol. The standard InChI is InChI=1S/C25H24ClFN6O2S.C4H8.2C2H6/c26-16-7-8-19(27)18(9-16)20-10-21(25(33-32-20)36-13-17-5-2-6-24(34)35-17)31-23-11-22(29-14-30-23)28-12-15-3-1-4-15;1-2-4-3-1;2*1-2/h2,5-12,14,20,23,28,31-32H,1,3-4,13H2,(H,29,30);1-4H2;2*1-2H3. The van der Waals surface area contributed by atoms with Crippen LogP contribution in [0, 0.1) is 5.82 Å². The van der Waals surface area contributed by atoms with E-state index < -0.39 is 11.7 Å². The van der Waals surface area contributed by atoms with E-state index in [1.807, 2.05) is 46.0 Å². The third kappa shape index (κ3) is 10.9. The predicted octanol–water partition coefficient (Wildman–Crippen LogP) is 7.87. The third-order valence-electron chi connectivity index (χ3n) is 6.77. The van der Waals surface area contributed by atoms with Gasteiger partial charge >= 0.3 is 5.63 Å². The fraction of sp³-hybridized carbons (Fsp3) is 0.424. The van der Waals surface area contributed by atoms with Crippen molar-refractivity contribution in [3.05, 3.63) is 104 Å². The van der Waals surface area contributed by atoms with E-state index in [2.05, 4.69) is 31.5 Å². The van der Waals surface area contributed by atoms with Crippen molar-refractivity contribution in [3.63, 3.8) is 0 Å². The van der Waals surface area contributed by atoms with Gasteiger partial charge < -0.3 is 20.4 Å². The van der Waals surface area contributed by atoms with Crippen LogP contribution in [-0.2, 0) is 5.75 Å². The van der Waals surface area contributed by atoms with E-state index in [1.165, 1.54) is 67.6 Å². The SMILES string of the molecule is C1CCC1.CC.CC.O=c1cccc(CSC2=NNC(c3cc(Cl)ccc3F)C=C2NC2C=C(NC=C3CCC3)NC=N2)o1. The molecular formula is C33H44ClFN6O2S. The van der Waals surface area contributed by atoms with E-state index in [4.69, 9.17) is 16.0 Å². The molecule has 2 saturated carbocycles. The van der Waals surface area contributed by atoms with Gasteiger partial charge in [0.2, 0.25) is 0 Å². The molecule has 2 aromatic rings. The van der Waals surface area contributed by atoms with Crippen LogP contribution in [0.4, 0.5) is 4.39 Å². The van der Waals surface area contributed by atoms with Gasteiger partial charge in [0.15, 0.2) is 0 Å². The summed E-state index contributed by atoms with van der Waals surface area (Å²) in [6.45, 7) is 8.00. The summed E-state index contributed by atoms with van der Waals surface area (Å²) in [5.41, 5.74) is 5.01. The quantitative estimate of drug-likeness (QED) is 0.244. The summed E-state index contributed by atoms with van der Waals surface area (Å²) in [4.78, 5) is 16.0. The van der Waals surface area contributed by atoms with Crippen LogP contribution in [0.15, 0.2) is 91.1 Å². The fourth-order valence-electron chi connectivity index (χ4n) is 3.96. The van der Waals surface area contributed by atoms with Crippen molar-refractivity contribution in [2.75, 3.05) is 0 Å². The molecule has 11 heteroatoms. The smallest absolute Gasteiger partial charge is 0.335 e. The molecule has 0 spiro atoms. The molecule has 2 fully saturated rings. The van der Waals surface area contributed by atoms with E-state index in [0.717, 1.165) is 18.7 Å². The molecule has 2 unspecified atom stereocenters. The van der Waals surface area contributed by atoms with Gasteiger partial charge in [-0.15, -0.1) is 0 Å². The second-order valence-corrected chi connectivity index (χ2v) is 11.2. The summed E-state index contributed by atoms with van der Waals surface area (Å²) < 4.78 is 19.8. The molecule has 2 atom stereocenters. The summed E-state index contributed by atoms with van der Waals surface area (Å²) in [7, 11) is 0. The zero-order chi connectivity index (χ0) is 31.7. The first-order valence-corrected chi connectivity index (χ1v) is 16.8. The van der Waals surface area contributed by atoms with E-state index in [9.17, 15) is 9.18 Å². The number of nitrogens with one attached hydrogen (secondary N) is 4. The molecule has 3 heterocycles. The van der Waals surface area contributed by atoms with Crippen LogP contribution in [0.1, 0.15) is 90.0 Å². The minimum atomic E-state index is -0.541. The van der Waals surface area contributed by atoms with Crippen molar-refractivity contribution in [1.29, 1.82) is 0 Å². The van der Waals surface area contributed by atoms with Crippen LogP contribution in [0.2, 0.25) is 5.02 Å². The Kier molecular flexibility index (Phi) is 15.1. The summed E-state index contributed by atoms with van der Waals surface area (Å²) in [5.74, 6) is 1.33. The van der Waals surface area contributed by atoms with Crippen LogP contribution in [0.25, 0.3) is 0 Å². The molecule has 0 amide bonds. The molecule has 2 aliphatic heterocycles. The Morgan fingerprint density at radius 1 is 1.07 bits per heavy atom. The van der Waals surface area contributed by atoms with Gasteiger partial charge in [-0.2, -0.15) is 5.10 Å². The van der Waals surface area contributed by atoms with Gasteiger partial charge in [-0.05, 0) is 49.6 Å². The van der Waals surface area contributed by atoms with E-state index in [1.54, 1.807) is 24.5 Å². The summed E-state index contributed by atoms with van der Waals surface area (Å²) in [6.07, 6.45) is 16.5. The Balaban J connectivity index is 0.000000592. The van der Waals surface area contributed by atoms with Gasteiger partial charge in [-0.25, -0.2) is 14.2 Å². The van der Waals surface area contributed by atoms with E-state index >= 15 is 0 Å². The molecule has 44 heavy (non-hydrogen) atoms. The number of nitrogens with zero attached hydrogens (tertiary/aromatic N) is 2. The van der Waals surface area contributed by atoms with Gasteiger partial charge in [0, 0.05) is 28.9 Å². The molecule has 1 aromatic heterocycles. The van der Waals surface area contributed by atoms with Crippen LogP contribution in [0.3, 0.4) is 0 Å². The first kappa shape index (κ1) is 35.0. The van der Waals surface area contributed by atoms with Crippen LogP contribution in [0.5, 0.6) is 0 Å². The highest BCUT2D eigenvalue weighted by atomic mass is 35.5. The zero-order valence-corrected chi connectivity index (χ0v) is 27.5. The average molecular weight is 643 g/mol. The second kappa shape index (κ2) is 19.0. The van der Waals surface area contributed by atoms with Crippen molar-refractivity contribution >= 4 is 34.7 Å². The van der Waals surface area contributed by atoms with Gasteiger partial charge in [-0.3, -0.25) is 5.43 Å². The fourth-order valence-corrected chi connectivity index (χ4v) is 4.98. The lowest BCUT2D eigenvalue weighted by Crippen LogP contribution is -2.37. The highest BCUT2D eigenvalue weighted by Gasteiger charge is 2.24. The monoisotopic (exact) mass is 642 g/mol. The maximum absolute atomic E-state index is 14.6. The molecular weight excluding hydrogens is 599 g/mol. The number of allylic oxidation sites excluding steroid dienone is 1. The molecule has 0 radical (unpaired) electrons. The summed E-state index contributed by atoms with van der Waals surface area (Å²) in [5, 5.41) is 15.3. The topological polar surface area (TPSA) is 103 Å². The Labute approximate surface area is 269 Å². The maximum atomic E-state index is 14.6. The Morgan fingerprint density at radius 3 is 2.48 bits per heavy atom. The van der Waals surface area contributed by atoms with Crippen LogP contribution in [-0.4, -0.2) is 17.5 Å². The lowest BCUT2D eigenvalue weighted by molar-refractivity contribution is 0.477. The van der Waals surface area contributed by atoms with E-state index in [-0.39, 0.29) is 12.0 Å². The molecule has 1 aromatic carbocycles. The largest absolute Gasteiger partial charge is 0.427 e. The van der Waals surface area contributed by atoms with Gasteiger partial charge in [0.25, 0.3) is 0 Å². The van der Waals surface area contributed by atoms with Crippen molar-refractivity contribution < 1.29 is 8.81 Å². The second-order valence-electron chi connectivity index (χ2n) is 9.78. The molecule has 2 aliphatic carbocycles. The Hall–Kier alpha value is -3.50. The number of aliphatic imine (C=N–C) groups is 1. The van der Waals surface area contributed by atoms with Crippen molar-refractivity contribution in [1.82, 2.24) is 21.4 Å². The molecule has 4 aliphatic rings. The minimum Gasteiger partial charge on any atom is -0.427 e. The van der Waals surface area contributed by atoms with Crippen molar-refractivity contribution in [2.45, 2.75) is 90.6 Å². The first-order chi connectivity index (χ1) is 21.5. The highest BCUT2D eigenvalue weighted by Crippen LogP contribution is 2.29. The maximum Gasteiger partial charge on any atom is 0.335 e. The molecule has 6 rings (SSSR count). The Morgan fingerprint density at radius 2 is 1.82 bits per heavy atom. The molecule has 0 saturated heterocycles. The lowest BCUT2D eigenvalue weighted by Gasteiger charge is -2.26. The summed E-state index contributed by atoms with van der Waals surface area (Å²) >= 11 is 7.49. The normalized spacial score (nSPS) is 19.4. The number of hydrogen-bond donors (Lipinski definition) is 4. The van der Waals surface area contributed by atoms with Crippen LogP contribution >= 0.6 is 23.4 Å². The van der Waals surface area contributed by atoms with Crippen molar-refractivity contribution in [3.8, 4) is 0 Å². The van der Waals surface area contributed by atoms with Gasteiger partial charge in [-0.1, -0.05) is 88.4 Å². The van der Waals surface area contributed by atoms with Crippen molar-refractivity contribution in [2.24, 2.45) is 10.1 Å². The van der Waals surface area contributed by atoms with E-state index in [0.29, 0.717) is 32.8 Å². The zero-order valence-electron chi connectivity index (χ0n) is 26.0. The number of halogens is 2. The highest BCUT2D eigenvalue weighted by molar-refractivity contribution is 8.13. The number of hydrazone groups is 1. The van der Waals surface area contributed by atoms with Gasteiger partial charge in [0.05, 0.1) is 23.8 Å². The molecule has 4 N–H and O–H groups in total. The number of benzene rings is 1. The average Bonchev–Trinajstić information content (AvgIpc) is 2.98. The lowest BCUT2D eigenvalue weighted by atomic mass is 9.94. The third-order valence-corrected chi connectivity index (χ3v) is 8.02. The number of thioether (sulfide) groups is 1. The van der Waals surface area contributed by atoms with Gasteiger partial charge in [0.1, 0.15) is 28.6 Å². The first-order valence-electron chi connectivity index (χ1n) is 15.5. The Bertz CT molecular complexity index is 1410.